The standard InChI is InChI=1S/C14H21Cl2N/c1-11(2)10-17-9-4-3-6-12-13(15)7-5-8-14(12)16/h5,7-8,11,17H,3-4,6,9-10H2,1-2H3. The molecule has 3 heteroatoms. The van der Waals surface area contributed by atoms with E-state index in [4.69, 9.17) is 23.2 Å². The van der Waals surface area contributed by atoms with Crippen LogP contribution in [0.25, 0.3) is 0 Å². The Hall–Kier alpha value is -0.240. The number of halogens is 2. The molecule has 0 saturated carbocycles. The van der Waals surface area contributed by atoms with Gasteiger partial charge in [-0.2, -0.15) is 0 Å². The first-order chi connectivity index (χ1) is 8.11. The molecule has 0 spiro atoms. The summed E-state index contributed by atoms with van der Waals surface area (Å²) >= 11 is 12.2. The van der Waals surface area contributed by atoms with Gasteiger partial charge in [0.05, 0.1) is 0 Å². The lowest BCUT2D eigenvalue weighted by molar-refractivity contribution is 0.535. The molecule has 1 aromatic carbocycles. The zero-order valence-electron chi connectivity index (χ0n) is 10.6. The molecule has 0 heterocycles. The average molecular weight is 274 g/mol. The summed E-state index contributed by atoms with van der Waals surface area (Å²) in [5.74, 6) is 0.716. The van der Waals surface area contributed by atoms with Crippen molar-refractivity contribution in [2.24, 2.45) is 5.92 Å². The zero-order chi connectivity index (χ0) is 12.7. The molecule has 1 rings (SSSR count). The van der Waals surface area contributed by atoms with Crippen LogP contribution in [0.2, 0.25) is 10.0 Å². The van der Waals surface area contributed by atoms with Gasteiger partial charge < -0.3 is 5.32 Å². The molecule has 0 amide bonds. The van der Waals surface area contributed by atoms with Crippen molar-refractivity contribution in [3.63, 3.8) is 0 Å². The van der Waals surface area contributed by atoms with Gasteiger partial charge in [0.25, 0.3) is 0 Å². The SMILES string of the molecule is CC(C)CNCCCCc1c(Cl)cccc1Cl. The van der Waals surface area contributed by atoms with Crippen molar-refractivity contribution in [1.29, 1.82) is 0 Å². The topological polar surface area (TPSA) is 12.0 Å². The molecule has 1 N–H and O–H groups in total. The fourth-order valence-electron chi connectivity index (χ4n) is 1.71. The van der Waals surface area contributed by atoms with E-state index in [2.05, 4.69) is 19.2 Å². The Labute approximate surface area is 115 Å². The minimum absolute atomic E-state index is 0.716. The third-order valence-electron chi connectivity index (χ3n) is 2.64. The molecule has 0 unspecified atom stereocenters. The van der Waals surface area contributed by atoms with Gasteiger partial charge in [-0.15, -0.1) is 0 Å². The molecule has 0 bridgehead atoms. The van der Waals surface area contributed by atoms with Crippen LogP contribution in [0.1, 0.15) is 32.3 Å². The van der Waals surface area contributed by atoms with E-state index < -0.39 is 0 Å². The van der Waals surface area contributed by atoms with Gasteiger partial charge >= 0.3 is 0 Å². The van der Waals surface area contributed by atoms with Gasteiger partial charge in [0.1, 0.15) is 0 Å². The van der Waals surface area contributed by atoms with Crippen molar-refractivity contribution in [2.45, 2.75) is 33.1 Å². The lowest BCUT2D eigenvalue weighted by Gasteiger charge is -2.08. The molecule has 0 aliphatic rings. The summed E-state index contributed by atoms with van der Waals surface area (Å²) in [5, 5.41) is 5.00. The van der Waals surface area contributed by atoms with Crippen molar-refractivity contribution in [3.8, 4) is 0 Å². The normalized spacial score (nSPS) is 11.1. The minimum Gasteiger partial charge on any atom is -0.316 e. The molecule has 17 heavy (non-hydrogen) atoms. The summed E-state index contributed by atoms with van der Waals surface area (Å²) in [5.41, 5.74) is 1.08. The van der Waals surface area contributed by atoms with E-state index in [0.717, 1.165) is 48.0 Å². The van der Waals surface area contributed by atoms with Gasteiger partial charge in [0, 0.05) is 10.0 Å². The van der Waals surface area contributed by atoms with Crippen molar-refractivity contribution in [1.82, 2.24) is 5.32 Å². The number of benzene rings is 1. The number of hydrogen-bond donors (Lipinski definition) is 1. The van der Waals surface area contributed by atoms with Gasteiger partial charge in [-0.05, 0) is 56.0 Å². The van der Waals surface area contributed by atoms with Gasteiger partial charge in [-0.25, -0.2) is 0 Å². The highest BCUT2D eigenvalue weighted by atomic mass is 35.5. The Morgan fingerprint density at radius 2 is 1.76 bits per heavy atom. The average Bonchev–Trinajstić information content (AvgIpc) is 2.26. The van der Waals surface area contributed by atoms with E-state index in [1.165, 1.54) is 0 Å². The second kappa shape index (κ2) is 7.97. The molecule has 0 aliphatic heterocycles. The number of unbranched alkanes of at least 4 members (excludes halogenated alkanes) is 1. The van der Waals surface area contributed by atoms with Crippen molar-refractivity contribution in [3.05, 3.63) is 33.8 Å². The van der Waals surface area contributed by atoms with Gasteiger partial charge in [0.15, 0.2) is 0 Å². The largest absolute Gasteiger partial charge is 0.316 e. The quantitative estimate of drug-likeness (QED) is 0.718. The second-order valence-electron chi connectivity index (χ2n) is 4.76. The summed E-state index contributed by atoms with van der Waals surface area (Å²) in [6.07, 6.45) is 3.24. The smallest absolute Gasteiger partial charge is 0.0452 e. The fourth-order valence-corrected chi connectivity index (χ4v) is 2.30. The van der Waals surface area contributed by atoms with Crippen LogP contribution in [0, 0.1) is 5.92 Å². The molecule has 96 valence electrons. The van der Waals surface area contributed by atoms with Crippen LogP contribution in [0.4, 0.5) is 0 Å². The molecule has 0 saturated heterocycles. The van der Waals surface area contributed by atoms with Gasteiger partial charge in [0.2, 0.25) is 0 Å². The molecule has 1 nitrogen and oxygen atoms in total. The van der Waals surface area contributed by atoms with E-state index in [9.17, 15) is 0 Å². The van der Waals surface area contributed by atoms with Gasteiger partial charge in [-0.1, -0.05) is 43.1 Å². The molecule has 0 atom stereocenters. The molecule has 0 aliphatic carbocycles. The Balaban J connectivity index is 2.22. The monoisotopic (exact) mass is 273 g/mol. The molecule has 1 aromatic rings. The third-order valence-corrected chi connectivity index (χ3v) is 3.35. The maximum atomic E-state index is 6.11. The Bertz CT molecular complexity index is 317. The van der Waals surface area contributed by atoms with E-state index in [-0.39, 0.29) is 0 Å². The molecule has 0 aromatic heterocycles. The van der Waals surface area contributed by atoms with Crippen LogP contribution < -0.4 is 5.32 Å². The summed E-state index contributed by atoms with van der Waals surface area (Å²) in [4.78, 5) is 0. The van der Waals surface area contributed by atoms with Crippen LogP contribution in [0.5, 0.6) is 0 Å². The molecular weight excluding hydrogens is 253 g/mol. The summed E-state index contributed by atoms with van der Waals surface area (Å²) in [7, 11) is 0. The predicted molar refractivity (Wildman–Crippen MR) is 77.1 cm³/mol. The number of rotatable bonds is 7. The van der Waals surface area contributed by atoms with Crippen LogP contribution in [-0.2, 0) is 6.42 Å². The van der Waals surface area contributed by atoms with Gasteiger partial charge in [-0.3, -0.25) is 0 Å². The number of nitrogens with one attached hydrogen (secondary N) is 1. The van der Waals surface area contributed by atoms with Crippen molar-refractivity contribution < 1.29 is 0 Å². The highest BCUT2D eigenvalue weighted by molar-refractivity contribution is 6.35. The molecule has 0 fully saturated rings. The highest BCUT2D eigenvalue weighted by Crippen LogP contribution is 2.25. The van der Waals surface area contributed by atoms with Crippen molar-refractivity contribution in [2.75, 3.05) is 13.1 Å². The lowest BCUT2D eigenvalue weighted by Crippen LogP contribution is -2.20. The van der Waals surface area contributed by atoms with Crippen LogP contribution in [0.3, 0.4) is 0 Å². The summed E-state index contributed by atoms with van der Waals surface area (Å²) < 4.78 is 0. The second-order valence-corrected chi connectivity index (χ2v) is 5.57. The lowest BCUT2D eigenvalue weighted by atomic mass is 10.1. The fraction of sp³-hybridized carbons (Fsp3) is 0.571. The molecule has 0 radical (unpaired) electrons. The van der Waals surface area contributed by atoms with Crippen LogP contribution in [-0.4, -0.2) is 13.1 Å². The Morgan fingerprint density at radius 1 is 1.12 bits per heavy atom. The van der Waals surface area contributed by atoms with E-state index in [0.29, 0.717) is 5.92 Å². The molecular formula is C14H21Cl2N. The number of hydrogen-bond acceptors (Lipinski definition) is 1. The summed E-state index contributed by atoms with van der Waals surface area (Å²) in [6.45, 7) is 6.60. The summed E-state index contributed by atoms with van der Waals surface area (Å²) in [6, 6.07) is 5.69. The first-order valence-electron chi connectivity index (χ1n) is 6.25. The van der Waals surface area contributed by atoms with E-state index >= 15 is 0 Å². The first kappa shape index (κ1) is 14.8. The van der Waals surface area contributed by atoms with Crippen LogP contribution >= 0.6 is 23.2 Å². The first-order valence-corrected chi connectivity index (χ1v) is 7.00. The maximum Gasteiger partial charge on any atom is 0.0452 e. The third kappa shape index (κ3) is 5.76. The maximum absolute atomic E-state index is 6.11. The van der Waals surface area contributed by atoms with Crippen LogP contribution in [0.15, 0.2) is 18.2 Å². The Kier molecular flexibility index (Phi) is 6.94. The predicted octanol–water partition coefficient (Wildman–Crippen LogP) is 4.56. The Morgan fingerprint density at radius 3 is 2.35 bits per heavy atom. The zero-order valence-corrected chi connectivity index (χ0v) is 12.1. The van der Waals surface area contributed by atoms with Crippen molar-refractivity contribution >= 4 is 23.2 Å². The minimum atomic E-state index is 0.716. The highest BCUT2D eigenvalue weighted by Gasteiger charge is 2.04. The van der Waals surface area contributed by atoms with E-state index in [1.54, 1.807) is 0 Å². The van der Waals surface area contributed by atoms with E-state index in [1.807, 2.05) is 18.2 Å².